The van der Waals surface area contributed by atoms with Gasteiger partial charge in [0.05, 0.1) is 5.56 Å². The van der Waals surface area contributed by atoms with Gasteiger partial charge in [0.15, 0.2) is 6.10 Å². The quantitative estimate of drug-likeness (QED) is 0.453. The van der Waals surface area contributed by atoms with Crippen LogP contribution in [-0.2, 0) is 4.74 Å². The molecule has 3 nitrogen and oxygen atoms in total. The van der Waals surface area contributed by atoms with E-state index in [2.05, 4.69) is 0 Å². The molecule has 3 aromatic rings. The molecule has 3 aromatic carbocycles. The van der Waals surface area contributed by atoms with E-state index in [0.29, 0.717) is 16.7 Å². The molecule has 0 bridgehead atoms. The van der Waals surface area contributed by atoms with Crippen LogP contribution in [0, 0.1) is 20.8 Å². The van der Waals surface area contributed by atoms with Gasteiger partial charge >= 0.3 is 5.97 Å². The highest BCUT2D eigenvalue weighted by molar-refractivity contribution is 6.02. The molecule has 0 unspecified atom stereocenters. The lowest BCUT2D eigenvalue weighted by molar-refractivity contribution is 0.0280. The first-order valence-electron chi connectivity index (χ1n) is 8.89. The highest BCUT2D eigenvalue weighted by Crippen LogP contribution is 2.25. The van der Waals surface area contributed by atoms with Crippen molar-refractivity contribution >= 4 is 11.8 Å². The zero-order valence-corrected chi connectivity index (χ0v) is 15.7. The first kappa shape index (κ1) is 18.6. The average Bonchev–Trinajstić information content (AvgIpc) is 2.67. The minimum atomic E-state index is -0.985. The van der Waals surface area contributed by atoms with Crippen LogP contribution < -0.4 is 0 Å². The van der Waals surface area contributed by atoms with E-state index >= 15 is 0 Å². The van der Waals surface area contributed by atoms with Crippen molar-refractivity contribution in [3.8, 4) is 0 Å². The van der Waals surface area contributed by atoms with Gasteiger partial charge < -0.3 is 4.74 Å². The third-order valence-corrected chi connectivity index (χ3v) is 4.43. The Bertz CT molecular complexity index is 954. The van der Waals surface area contributed by atoms with Crippen molar-refractivity contribution in [3.63, 3.8) is 0 Å². The Hall–Kier alpha value is -3.20. The topological polar surface area (TPSA) is 43.4 Å². The zero-order valence-electron chi connectivity index (χ0n) is 15.7. The molecule has 0 saturated heterocycles. The second kappa shape index (κ2) is 8.00. The normalized spacial score (nSPS) is 11.7. The summed E-state index contributed by atoms with van der Waals surface area (Å²) in [5.74, 6) is -0.746. The number of ketones is 1. The van der Waals surface area contributed by atoms with E-state index in [-0.39, 0.29) is 5.78 Å². The predicted molar refractivity (Wildman–Crippen MR) is 106 cm³/mol. The van der Waals surface area contributed by atoms with Crippen molar-refractivity contribution in [2.45, 2.75) is 26.9 Å². The predicted octanol–water partition coefficient (Wildman–Crippen LogP) is 5.39. The molecule has 0 spiro atoms. The number of benzene rings is 3. The summed E-state index contributed by atoms with van der Waals surface area (Å²) in [6, 6.07) is 21.9. The minimum absolute atomic E-state index is 0.236. The van der Waals surface area contributed by atoms with E-state index in [9.17, 15) is 9.59 Å². The molecule has 27 heavy (non-hydrogen) atoms. The van der Waals surface area contributed by atoms with Gasteiger partial charge in [-0.05, 0) is 32.9 Å². The molecular formula is C24H22O3. The number of carbonyl (C=O) groups is 2. The molecule has 0 radical (unpaired) electrons. The van der Waals surface area contributed by atoms with Gasteiger partial charge in [-0.3, -0.25) is 4.79 Å². The largest absolute Gasteiger partial charge is 0.445 e. The first-order chi connectivity index (χ1) is 12.9. The van der Waals surface area contributed by atoms with Crippen LogP contribution in [-0.4, -0.2) is 11.8 Å². The molecule has 0 N–H and O–H groups in total. The molecule has 0 heterocycles. The highest BCUT2D eigenvalue weighted by atomic mass is 16.5. The molecule has 0 amide bonds. The highest BCUT2D eigenvalue weighted by Gasteiger charge is 2.26. The van der Waals surface area contributed by atoms with Gasteiger partial charge in [0.2, 0.25) is 5.78 Å². The van der Waals surface area contributed by atoms with E-state index < -0.39 is 12.1 Å². The number of rotatable bonds is 5. The lowest BCUT2D eigenvalue weighted by Gasteiger charge is -2.18. The Morgan fingerprint density at radius 3 is 1.89 bits per heavy atom. The lowest BCUT2D eigenvalue weighted by atomic mass is 9.98. The fourth-order valence-corrected chi connectivity index (χ4v) is 2.83. The van der Waals surface area contributed by atoms with Crippen LogP contribution in [0.25, 0.3) is 0 Å². The molecule has 0 aromatic heterocycles. The van der Waals surface area contributed by atoms with Crippen LogP contribution in [0.15, 0.2) is 72.8 Å². The fraction of sp³-hybridized carbons (Fsp3) is 0.167. The molecule has 0 fully saturated rings. The van der Waals surface area contributed by atoms with E-state index in [1.54, 1.807) is 30.3 Å². The number of carbonyl (C=O) groups excluding carboxylic acids is 2. The average molecular weight is 358 g/mol. The monoisotopic (exact) mass is 358 g/mol. The van der Waals surface area contributed by atoms with Gasteiger partial charge in [0.25, 0.3) is 0 Å². The summed E-state index contributed by atoms with van der Waals surface area (Å²) in [5, 5.41) is 0. The van der Waals surface area contributed by atoms with E-state index in [4.69, 9.17) is 4.74 Å². The summed E-state index contributed by atoms with van der Waals surface area (Å²) in [6.45, 7) is 5.84. The molecule has 0 saturated carbocycles. The Labute approximate surface area is 159 Å². The molecule has 1 atom stereocenters. The second-order valence-electron chi connectivity index (χ2n) is 6.80. The van der Waals surface area contributed by atoms with E-state index in [1.165, 1.54) is 0 Å². The van der Waals surface area contributed by atoms with Crippen LogP contribution >= 0.6 is 0 Å². The first-order valence-corrected chi connectivity index (χ1v) is 8.89. The third kappa shape index (κ3) is 4.50. The Morgan fingerprint density at radius 2 is 1.30 bits per heavy atom. The Balaban J connectivity index is 1.94. The summed E-state index contributed by atoms with van der Waals surface area (Å²) in [6.07, 6.45) is -0.985. The fourth-order valence-electron chi connectivity index (χ4n) is 2.83. The Morgan fingerprint density at radius 1 is 0.704 bits per heavy atom. The summed E-state index contributed by atoms with van der Waals surface area (Å²) >= 11 is 0. The number of aryl methyl sites for hydroxylation is 3. The van der Waals surface area contributed by atoms with E-state index in [0.717, 1.165) is 16.7 Å². The van der Waals surface area contributed by atoms with Gasteiger partial charge in [-0.15, -0.1) is 0 Å². The van der Waals surface area contributed by atoms with Crippen LogP contribution in [0.4, 0.5) is 0 Å². The second-order valence-corrected chi connectivity index (χ2v) is 6.80. The molecule has 3 heteroatoms. The molecule has 0 aliphatic rings. The standard InChI is InChI=1S/C24H22O3/c1-16-7-11-19(12-8-16)22(25)23(20-13-9-17(2)10-14-20)27-24(26)21-6-4-5-18(3)15-21/h4-15,23H,1-3H3/t23-/m1/s1. The van der Waals surface area contributed by atoms with Gasteiger partial charge in [-0.2, -0.15) is 0 Å². The van der Waals surface area contributed by atoms with Gasteiger partial charge in [-0.1, -0.05) is 77.4 Å². The summed E-state index contributed by atoms with van der Waals surface area (Å²) < 4.78 is 5.68. The maximum absolute atomic E-state index is 13.1. The summed E-state index contributed by atoms with van der Waals surface area (Å²) in [7, 11) is 0. The molecule has 136 valence electrons. The van der Waals surface area contributed by atoms with Crippen molar-refractivity contribution < 1.29 is 14.3 Å². The zero-order chi connectivity index (χ0) is 19.4. The smallest absolute Gasteiger partial charge is 0.339 e. The van der Waals surface area contributed by atoms with Crippen LogP contribution in [0.3, 0.4) is 0 Å². The van der Waals surface area contributed by atoms with Gasteiger partial charge in [0.1, 0.15) is 0 Å². The van der Waals surface area contributed by atoms with Crippen LogP contribution in [0.2, 0.25) is 0 Å². The SMILES string of the molecule is Cc1ccc(C(=O)[C@H](OC(=O)c2cccc(C)c2)c2ccc(C)cc2)cc1. The van der Waals surface area contributed by atoms with Crippen molar-refractivity contribution in [1.29, 1.82) is 0 Å². The lowest BCUT2D eigenvalue weighted by Crippen LogP contribution is -2.20. The van der Waals surface area contributed by atoms with E-state index in [1.807, 2.05) is 63.2 Å². The third-order valence-electron chi connectivity index (χ3n) is 4.43. The molecular weight excluding hydrogens is 336 g/mol. The molecule has 0 aliphatic carbocycles. The maximum atomic E-state index is 13.1. The molecule has 0 aliphatic heterocycles. The number of ether oxygens (including phenoxy) is 1. The minimum Gasteiger partial charge on any atom is -0.445 e. The maximum Gasteiger partial charge on any atom is 0.339 e. The summed E-state index contributed by atoms with van der Waals surface area (Å²) in [4.78, 5) is 25.8. The van der Waals surface area contributed by atoms with Crippen LogP contribution in [0.1, 0.15) is 49.1 Å². The number of hydrogen-bond acceptors (Lipinski definition) is 3. The summed E-state index contributed by atoms with van der Waals surface area (Å²) in [5.41, 5.74) is 4.71. The number of esters is 1. The van der Waals surface area contributed by atoms with Crippen molar-refractivity contribution in [1.82, 2.24) is 0 Å². The van der Waals surface area contributed by atoms with Crippen molar-refractivity contribution in [2.24, 2.45) is 0 Å². The number of Topliss-reactive ketones (excluding diaryl/α,β-unsaturated/α-hetero) is 1. The Kier molecular flexibility index (Phi) is 5.51. The van der Waals surface area contributed by atoms with Crippen LogP contribution in [0.5, 0.6) is 0 Å². The van der Waals surface area contributed by atoms with Gasteiger partial charge in [-0.25, -0.2) is 4.79 Å². The van der Waals surface area contributed by atoms with Crippen molar-refractivity contribution in [2.75, 3.05) is 0 Å². The number of hydrogen-bond donors (Lipinski definition) is 0. The molecule has 3 rings (SSSR count). The van der Waals surface area contributed by atoms with Gasteiger partial charge in [0, 0.05) is 11.1 Å². The van der Waals surface area contributed by atoms with Crippen molar-refractivity contribution in [3.05, 3.63) is 106 Å².